The summed E-state index contributed by atoms with van der Waals surface area (Å²) >= 11 is 0. The van der Waals surface area contributed by atoms with Crippen molar-refractivity contribution in [2.45, 2.75) is 76.9 Å². The van der Waals surface area contributed by atoms with Crippen LogP contribution < -0.4 is 0 Å². The molecule has 4 aliphatic rings. The zero-order valence-electron chi connectivity index (χ0n) is 19.5. The molecule has 0 aliphatic heterocycles. The Morgan fingerprint density at radius 2 is 2.03 bits per heavy atom. The van der Waals surface area contributed by atoms with E-state index in [2.05, 4.69) is 18.1 Å². The minimum atomic E-state index is -0.630. The highest BCUT2D eigenvalue weighted by Crippen LogP contribution is 2.64. The van der Waals surface area contributed by atoms with Gasteiger partial charge in [-0.3, -0.25) is 9.48 Å². The van der Waals surface area contributed by atoms with Gasteiger partial charge < -0.3 is 9.84 Å². The third kappa shape index (κ3) is 3.62. The summed E-state index contributed by atoms with van der Waals surface area (Å²) in [5.74, 6) is 3.90. The highest BCUT2D eigenvalue weighted by molar-refractivity contribution is 5.82. The summed E-state index contributed by atoms with van der Waals surface area (Å²) in [4.78, 5) is 13.3. The largest absolute Gasteiger partial charge is 0.387 e. The van der Waals surface area contributed by atoms with Crippen molar-refractivity contribution in [2.75, 3.05) is 13.7 Å². The molecule has 0 bridgehead atoms. The van der Waals surface area contributed by atoms with Crippen LogP contribution in [-0.2, 0) is 16.1 Å². The fraction of sp³-hybridized carbons (Fsp3) is 0.808. The molecule has 0 saturated heterocycles. The number of aliphatic hydroxyl groups is 1. The lowest BCUT2D eigenvalue weighted by Gasteiger charge is -2.57. The predicted octanol–water partition coefficient (Wildman–Crippen LogP) is 3.97. The summed E-state index contributed by atoms with van der Waals surface area (Å²) in [5.41, 5.74) is -0.0216. The molecular weight excluding hydrogens is 402 g/mol. The second-order valence-electron chi connectivity index (χ2n) is 11.5. The molecule has 4 saturated carbocycles. The number of nitriles is 1. The molecule has 4 fully saturated rings. The summed E-state index contributed by atoms with van der Waals surface area (Å²) in [6.07, 6.45) is 13.1. The lowest BCUT2D eigenvalue weighted by Crippen LogP contribution is -2.52. The van der Waals surface area contributed by atoms with Crippen molar-refractivity contribution < 1.29 is 14.6 Å². The second-order valence-corrected chi connectivity index (χ2v) is 11.5. The van der Waals surface area contributed by atoms with E-state index in [9.17, 15) is 9.90 Å². The molecule has 0 aromatic carbocycles. The number of ketones is 1. The molecule has 0 spiro atoms. The average Bonchev–Trinajstić information content (AvgIpc) is 3.36. The molecule has 0 radical (unpaired) electrons. The van der Waals surface area contributed by atoms with Crippen LogP contribution in [0.2, 0.25) is 0 Å². The molecule has 6 nitrogen and oxygen atoms in total. The maximum atomic E-state index is 13.3. The number of hydrogen-bond acceptors (Lipinski definition) is 5. The molecule has 174 valence electrons. The van der Waals surface area contributed by atoms with Gasteiger partial charge in [-0.25, -0.2) is 0 Å². The number of fused-ring (bicyclic) bond motifs is 5. The van der Waals surface area contributed by atoms with E-state index in [1.807, 2.05) is 0 Å². The lowest BCUT2D eigenvalue weighted by molar-refractivity contribution is -0.136. The van der Waals surface area contributed by atoms with Crippen LogP contribution in [0, 0.1) is 52.3 Å². The first-order valence-corrected chi connectivity index (χ1v) is 12.5. The van der Waals surface area contributed by atoms with Crippen LogP contribution in [0.1, 0.15) is 70.3 Å². The first kappa shape index (κ1) is 22.1. The number of ether oxygens (including phenoxy) is 1. The first-order chi connectivity index (χ1) is 15.4. The van der Waals surface area contributed by atoms with E-state index in [1.165, 1.54) is 31.9 Å². The minimum Gasteiger partial charge on any atom is -0.387 e. The molecule has 8 atom stereocenters. The fourth-order valence-electron chi connectivity index (χ4n) is 8.67. The maximum Gasteiger partial charge on any atom is 0.157 e. The Morgan fingerprint density at radius 1 is 1.22 bits per heavy atom. The van der Waals surface area contributed by atoms with Crippen molar-refractivity contribution in [1.82, 2.24) is 9.78 Å². The highest BCUT2D eigenvalue weighted by atomic mass is 16.5. The van der Waals surface area contributed by atoms with Gasteiger partial charge in [0.15, 0.2) is 5.78 Å². The van der Waals surface area contributed by atoms with Crippen LogP contribution in [-0.4, -0.2) is 40.0 Å². The average molecular weight is 440 g/mol. The van der Waals surface area contributed by atoms with E-state index in [0.717, 1.165) is 49.9 Å². The summed E-state index contributed by atoms with van der Waals surface area (Å²) in [6.45, 7) is 3.13. The van der Waals surface area contributed by atoms with E-state index < -0.39 is 5.60 Å². The van der Waals surface area contributed by atoms with E-state index in [-0.39, 0.29) is 23.7 Å². The second kappa shape index (κ2) is 8.25. The van der Waals surface area contributed by atoms with Gasteiger partial charge in [-0.15, -0.1) is 0 Å². The summed E-state index contributed by atoms with van der Waals surface area (Å²) < 4.78 is 6.96. The highest BCUT2D eigenvalue weighted by Gasteiger charge is 2.59. The van der Waals surface area contributed by atoms with E-state index in [4.69, 9.17) is 10.00 Å². The van der Waals surface area contributed by atoms with Crippen molar-refractivity contribution in [3.05, 3.63) is 18.0 Å². The van der Waals surface area contributed by atoms with E-state index >= 15 is 0 Å². The predicted molar refractivity (Wildman–Crippen MR) is 119 cm³/mol. The number of Topliss-reactive ketones (excluding diaryl/α,β-unsaturated/α-hetero) is 1. The van der Waals surface area contributed by atoms with Gasteiger partial charge in [0, 0.05) is 19.2 Å². The zero-order chi connectivity index (χ0) is 22.5. The summed E-state index contributed by atoms with van der Waals surface area (Å²) in [5, 5.41) is 24.2. The van der Waals surface area contributed by atoms with Crippen molar-refractivity contribution >= 4 is 5.78 Å². The Kier molecular flexibility index (Phi) is 5.70. The van der Waals surface area contributed by atoms with Crippen molar-refractivity contribution in [1.29, 1.82) is 5.26 Å². The van der Waals surface area contributed by atoms with E-state index in [0.29, 0.717) is 24.0 Å². The standard InChI is InChI=1S/C26H37N3O3/c1-25-9-7-20-19-8-10-26(31,16-32-2)11-18(19)3-4-21(20)22(25)5-6-23(25)24(30)15-29-14-17(12-27)13-28-29/h13-14,18-23,31H,3-11,15-16H2,1-2H3/t18-,19-,20+,21+,22-,23+,25-,26+/m0/s1. The Hall–Kier alpha value is -1.71. The number of rotatable bonds is 5. The number of carbonyl (C=O) groups is 1. The van der Waals surface area contributed by atoms with Crippen molar-refractivity contribution in [3.63, 3.8) is 0 Å². The molecule has 32 heavy (non-hydrogen) atoms. The smallest absolute Gasteiger partial charge is 0.157 e. The van der Waals surface area contributed by atoms with Gasteiger partial charge in [0.05, 0.1) is 30.5 Å². The van der Waals surface area contributed by atoms with Crippen molar-refractivity contribution in [3.8, 4) is 6.07 Å². The van der Waals surface area contributed by atoms with Crippen LogP contribution in [0.5, 0.6) is 0 Å². The van der Waals surface area contributed by atoms with Crippen LogP contribution in [0.4, 0.5) is 0 Å². The van der Waals surface area contributed by atoms with Crippen molar-refractivity contribution in [2.24, 2.45) is 40.9 Å². The molecule has 0 unspecified atom stereocenters. The molecule has 1 aromatic rings. The number of methoxy groups -OCH3 is 1. The molecule has 1 heterocycles. The number of carbonyl (C=O) groups excluding carboxylic acids is 1. The Labute approximate surface area is 191 Å². The molecule has 1 N–H and O–H groups in total. The summed E-state index contributed by atoms with van der Waals surface area (Å²) in [6, 6.07) is 2.09. The fourth-order valence-corrected chi connectivity index (χ4v) is 8.67. The number of aromatic nitrogens is 2. The molecule has 6 heteroatoms. The van der Waals surface area contributed by atoms with Gasteiger partial charge >= 0.3 is 0 Å². The van der Waals surface area contributed by atoms with E-state index in [1.54, 1.807) is 18.0 Å². The lowest BCUT2D eigenvalue weighted by atomic mass is 9.49. The molecule has 5 rings (SSSR count). The monoisotopic (exact) mass is 439 g/mol. The number of hydrogen-bond donors (Lipinski definition) is 1. The van der Waals surface area contributed by atoms with Gasteiger partial charge in [-0.05, 0) is 92.8 Å². The van der Waals surface area contributed by atoms with Gasteiger partial charge in [0.25, 0.3) is 0 Å². The minimum absolute atomic E-state index is 0.0990. The van der Waals surface area contributed by atoms with Crippen LogP contribution >= 0.6 is 0 Å². The molecule has 1 aromatic heterocycles. The van der Waals surface area contributed by atoms with Gasteiger partial charge in [0.1, 0.15) is 6.07 Å². The molecule has 4 aliphatic carbocycles. The third-order valence-corrected chi connectivity index (χ3v) is 9.99. The van der Waals surface area contributed by atoms with Crippen LogP contribution in [0.3, 0.4) is 0 Å². The molecular formula is C26H37N3O3. The summed E-state index contributed by atoms with van der Waals surface area (Å²) in [7, 11) is 1.69. The Bertz CT molecular complexity index is 906. The van der Waals surface area contributed by atoms with Gasteiger partial charge in [0.2, 0.25) is 0 Å². The Balaban J connectivity index is 1.28. The maximum absolute atomic E-state index is 13.3. The SMILES string of the molecule is COC[C@@]1(O)CC[C@H]2[C@@H](CC[C@@H]3[C@@H]2CC[C@]2(C)[C@@H](C(=O)Cn4cc(C#N)cn4)CC[C@@H]32)C1. The Morgan fingerprint density at radius 3 is 2.78 bits per heavy atom. The van der Waals surface area contributed by atoms with Gasteiger partial charge in [-0.1, -0.05) is 6.92 Å². The molecule has 0 amide bonds. The van der Waals surface area contributed by atoms with Crippen LogP contribution in [0.25, 0.3) is 0 Å². The normalized spacial score (nSPS) is 43.1. The quantitative estimate of drug-likeness (QED) is 0.750. The van der Waals surface area contributed by atoms with Crippen LogP contribution in [0.15, 0.2) is 12.4 Å². The zero-order valence-corrected chi connectivity index (χ0v) is 19.5. The first-order valence-electron chi connectivity index (χ1n) is 12.5. The third-order valence-electron chi connectivity index (χ3n) is 9.99. The topological polar surface area (TPSA) is 88.1 Å². The van der Waals surface area contributed by atoms with Gasteiger partial charge in [-0.2, -0.15) is 10.4 Å². The number of nitrogens with zero attached hydrogens (tertiary/aromatic N) is 3.